The highest BCUT2D eigenvalue weighted by atomic mass is 31.2. The maximum atomic E-state index is 13.9. The SMILES string of the molecule is CC(C)[C@@H]1CC1(NC(=O)[C@@H](Cc1ccccc1)NC(=O)c1cnccn1)B1OCCN(CCNC(=O)CC(O)(P(=O)([O-])O)P(=O)(O)O)CCO1. The van der Waals surface area contributed by atoms with E-state index in [-0.39, 0.29) is 50.3 Å². The highest BCUT2D eigenvalue weighted by Gasteiger charge is 2.66. The first-order valence-corrected chi connectivity index (χ1v) is 19.1. The quantitative estimate of drug-likeness (QED) is 0.0818. The van der Waals surface area contributed by atoms with Crippen LogP contribution in [0.15, 0.2) is 48.9 Å². The van der Waals surface area contributed by atoms with Gasteiger partial charge in [-0.25, -0.2) is 4.98 Å². The number of hydrogen-bond acceptors (Lipinski definition) is 12. The van der Waals surface area contributed by atoms with Gasteiger partial charge in [-0.15, -0.1) is 0 Å². The van der Waals surface area contributed by atoms with E-state index >= 15 is 0 Å². The van der Waals surface area contributed by atoms with E-state index in [4.69, 9.17) is 14.2 Å². The second kappa shape index (κ2) is 16.5. The first kappa shape index (κ1) is 39.7. The number of carbonyl (C=O) groups is 3. The van der Waals surface area contributed by atoms with Gasteiger partial charge in [0.25, 0.3) is 5.91 Å². The van der Waals surface area contributed by atoms with Crippen LogP contribution in [-0.4, -0.2) is 115 Å². The van der Waals surface area contributed by atoms with Crippen LogP contribution in [-0.2, 0) is 34.4 Å². The molecule has 0 bridgehead atoms. The van der Waals surface area contributed by atoms with Crippen LogP contribution in [0.25, 0.3) is 0 Å². The molecule has 2 fully saturated rings. The Hall–Kier alpha value is -3.09. The van der Waals surface area contributed by atoms with Gasteiger partial charge in [0.1, 0.15) is 11.7 Å². The predicted octanol–water partition coefficient (Wildman–Crippen LogP) is -1.40. The van der Waals surface area contributed by atoms with E-state index < -0.39 is 63.0 Å². The monoisotopic (exact) mass is 739 g/mol. The molecule has 50 heavy (non-hydrogen) atoms. The molecule has 3 amide bonds. The van der Waals surface area contributed by atoms with Crippen LogP contribution in [0.3, 0.4) is 0 Å². The summed E-state index contributed by atoms with van der Waals surface area (Å²) in [6, 6.07) is 8.31. The van der Waals surface area contributed by atoms with Crippen LogP contribution in [0.4, 0.5) is 0 Å². The van der Waals surface area contributed by atoms with Gasteiger partial charge >= 0.3 is 14.7 Å². The van der Waals surface area contributed by atoms with Crippen LogP contribution in [0.2, 0.25) is 0 Å². The fourth-order valence-electron chi connectivity index (χ4n) is 5.89. The maximum absolute atomic E-state index is 13.9. The van der Waals surface area contributed by atoms with E-state index in [0.717, 1.165) is 5.56 Å². The second-order valence-corrected chi connectivity index (χ2v) is 16.6. The third-order valence-electron chi connectivity index (χ3n) is 8.76. The fraction of sp³-hybridized carbons (Fsp3) is 0.552. The van der Waals surface area contributed by atoms with E-state index in [2.05, 4.69) is 25.9 Å². The summed E-state index contributed by atoms with van der Waals surface area (Å²) in [4.78, 5) is 88.0. The van der Waals surface area contributed by atoms with Crippen molar-refractivity contribution in [3.05, 3.63) is 60.2 Å². The van der Waals surface area contributed by atoms with Gasteiger partial charge < -0.3 is 54.5 Å². The standard InChI is InChI=1S/C29H43BN6O12P2/c1-20(2)22-17-28(22,35-27(39)23(16-21-6-4-3-5-7-21)34-26(38)24-19-31-8-9-32-24)30-47-14-12-36(13-15-48-30)11-10-33-25(37)18-29(40,49(41,42)43)50(44,45)46/h3-9,19-20,22-23,40H,10-18H2,1-2H3,(H,33,37)(H,34,38)(H,35,39)(H2,41,42,43)(H2,44,45,46)/p-1/t22-,23+,28?/m0/s1. The van der Waals surface area contributed by atoms with Crippen molar-refractivity contribution in [3.63, 3.8) is 0 Å². The van der Waals surface area contributed by atoms with Crippen molar-refractivity contribution >= 4 is 40.0 Å². The lowest BCUT2D eigenvalue weighted by Crippen LogP contribution is -2.60. The van der Waals surface area contributed by atoms with Gasteiger partial charge in [0.2, 0.25) is 16.9 Å². The molecule has 0 radical (unpaired) electrons. The summed E-state index contributed by atoms with van der Waals surface area (Å²) >= 11 is 0. The number of nitrogens with one attached hydrogen (secondary N) is 3. The van der Waals surface area contributed by atoms with Gasteiger partial charge in [0.05, 0.1) is 18.1 Å². The zero-order valence-corrected chi connectivity index (χ0v) is 29.4. The van der Waals surface area contributed by atoms with Crippen molar-refractivity contribution in [2.24, 2.45) is 11.8 Å². The van der Waals surface area contributed by atoms with Crippen molar-refractivity contribution in [1.82, 2.24) is 30.8 Å². The second-order valence-electron chi connectivity index (χ2n) is 12.7. The fourth-order valence-corrected chi connectivity index (χ4v) is 7.90. The van der Waals surface area contributed by atoms with Gasteiger partial charge in [-0.05, 0) is 23.8 Å². The van der Waals surface area contributed by atoms with Gasteiger partial charge in [0.15, 0.2) is 7.60 Å². The molecule has 2 heterocycles. The summed E-state index contributed by atoms with van der Waals surface area (Å²) in [5.41, 5.74) is 0.0385. The van der Waals surface area contributed by atoms with Crippen molar-refractivity contribution in [2.75, 3.05) is 39.4 Å². The van der Waals surface area contributed by atoms with E-state index in [1.807, 2.05) is 49.1 Å². The summed E-state index contributed by atoms with van der Waals surface area (Å²) in [6.07, 6.45) is 3.37. The molecule has 5 atom stereocenters. The number of aromatic nitrogens is 2. The number of hydrogen-bond donors (Lipinski definition) is 7. The largest absolute Gasteiger partial charge is 0.776 e. The zero-order chi connectivity index (χ0) is 36.7. The Morgan fingerprint density at radius 2 is 1.78 bits per heavy atom. The molecule has 1 aliphatic heterocycles. The third kappa shape index (κ3) is 9.82. The van der Waals surface area contributed by atoms with Crippen molar-refractivity contribution < 1.29 is 57.5 Å². The molecule has 1 aromatic heterocycles. The topological polar surface area (TPSA) is 273 Å². The first-order valence-electron chi connectivity index (χ1n) is 15.9. The first-order chi connectivity index (χ1) is 23.5. The number of carbonyl (C=O) groups excluding carboxylic acids is 3. The highest BCUT2D eigenvalue weighted by Crippen LogP contribution is 2.66. The molecule has 1 saturated carbocycles. The summed E-state index contributed by atoms with van der Waals surface area (Å²) < 4.78 is 35.2. The van der Waals surface area contributed by atoms with E-state index in [9.17, 15) is 43.3 Å². The minimum absolute atomic E-state index is 0.0189. The van der Waals surface area contributed by atoms with Crippen LogP contribution in [0.1, 0.15) is 42.7 Å². The number of aliphatic hydroxyl groups is 1. The molecule has 3 unspecified atom stereocenters. The van der Waals surface area contributed by atoms with Gasteiger partial charge in [0, 0.05) is 58.2 Å². The highest BCUT2D eigenvalue weighted by molar-refractivity contribution is 7.71. The molecule has 2 aromatic rings. The lowest BCUT2D eigenvalue weighted by Gasteiger charge is -2.35. The van der Waals surface area contributed by atoms with Crippen LogP contribution in [0, 0.1) is 11.8 Å². The smallest absolute Gasteiger partial charge is 0.484 e. The van der Waals surface area contributed by atoms with Gasteiger partial charge in [-0.3, -0.25) is 28.8 Å². The third-order valence-corrected chi connectivity index (χ3v) is 12.5. The van der Waals surface area contributed by atoms with Crippen molar-refractivity contribution in [2.45, 2.75) is 49.7 Å². The number of nitrogens with zero attached hydrogens (tertiary/aromatic N) is 3. The Balaban J connectivity index is 1.36. The minimum Gasteiger partial charge on any atom is -0.776 e. The van der Waals surface area contributed by atoms with Crippen LogP contribution < -0.4 is 20.8 Å². The van der Waals surface area contributed by atoms with E-state index in [1.165, 1.54) is 18.6 Å². The normalized spacial score (nSPS) is 23.0. The molecule has 21 heteroatoms. The summed E-state index contributed by atoms with van der Waals surface area (Å²) in [6.45, 7) is 5.25. The summed E-state index contributed by atoms with van der Waals surface area (Å²) in [5, 5.41) is 14.2. The Kier molecular flexibility index (Phi) is 13.1. The molecule has 1 saturated heterocycles. The molecule has 274 valence electrons. The lowest BCUT2D eigenvalue weighted by molar-refractivity contribution is -0.206. The van der Waals surface area contributed by atoms with Crippen molar-refractivity contribution in [3.8, 4) is 0 Å². The summed E-state index contributed by atoms with van der Waals surface area (Å²) in [7, 11) is -12.7. The molecule has 18 nitrogen and oxygen atoms in total. The Morgan fingerprint density at radius 1 is 1.12 bits per heavy atom. The number of benzene rings is 1. The average molecular weight is 739 g/mol. The predicted molar refractivity (Wildman–Crippen MR) is 176 cm³/mol. The molecular formula is C29H42BN6O12P2-. The number of rotatable bonds is 15. The van der Waals surface area contributed by atoms with E-state index in [1.54, 1.807) is 0 Å². The molecule has 2 aliphatic rings. The minimum atomic E-state index is -6.02. The Bertz CT molecular complexity index is 1550. The van der Waals surface area contributed by atoms with Crippen molar-refractivity contribution in [1.29, 1.82) is 0 Å². The summed E-state index contributed by atoms with van der Waals surface area (Å²) in [5.74, 6) is -1.98. The molecular weight excluding hydrogens is 697 g/mol. The lowest BCUT2D eigenvalue weighted by atomic mass is 9.71. The van der Waals surface area contributed by atoms with Gasteiger partial charge in [-0.1, -0.05) is 44.2 Å². The Morgan fingerprint density at radius 3 is 2.32 bits per heavy atom. The molecule has 1 aromatic carbocycles. The van der Waals surface area contributed by atoms with Crippen LogP contribution in [0.5, 0.6) is 0 Å². The molecule has 1 aliphatic carbocycles. The zero-order valence-electron chi connectivity index (χ0n) is 27.6. The molecule has 7 N–H and O–H groups in total. The van der Waals surface area contributed by atoms with Gasteiger partial charge in [-0.2, -0.15) is 0 Å². The number of amides is 3. The maximum Gasteiger partial charge on any atom is 0.484 e. The molecule has 0 spiro atoms. The molecule has 4 rings (SSSR count). The Labute approximate surface area is 289 Å². The van der Waals surface area contributed by atoms with Crippen LogP contribution >= 0.6 is 15.2 Å². The van der Waals surface area contributed by atoms with E-state index in [0.29, 0.717) is 19.5 Å². The average Bonchev–Trinajstić information content (AvgIpc) is 3.76.